The molecule has 8 aromatic rings. The molecule has 8 heterocycles. The van der Waals surface area contributed by atoms with E-state index in [0.717, 1.165) is 79.2 Å². The lowest BCUT2D eigenvalue weighted by Crippen LogP contribution is -2.26. The van der Waals surface area contributed by atoms with E-state index in [-0.39, 0.29) is 22.1 Å². The Kier molecular flexibility index (Phi) is 14.0. The molecule has 0 saturated carbocycles. The van der Waals surface area contributed by atoms with Crippen molar-refractivity contribution in [1.29, 1.82) is 0 Å². The summed E-state index contributed by atoms with van der Waals surface area (Å²) < 4.78 is 29.7. The topological polar surface area (TPSA) is 175 Å². The van der Waals surface area contributed by atoms with Gasteiger partial charge in [-0.2, -0.15) is 0 Å². The number of fused-ring (bicyclic) bond motifs is 2. The van der Waals surface area contributed by atoms with Crippen LogP contribution in [0.25, 0.3) is 44.7 Å². The van der Waals surface area contributed by atoms with Gasteiger partial charge in [0.15, 0.2) is 11.9 Å². The van der Waals surface area contributed by atoms with E-state index in [1.165, 1.54) is 35.4 Å². The number of nitrogens with zero attached hydrogens (tertiary/aromatic N) is 10. The second kappa shape index (κ2) is 20.2. The van der Waals surface area contributed by atoms with Crippen LogP contribution in [-0.4, -0.2) is 87.7 Å². The van der Waals surface area contributed by atoms with Gasteiger partial charge in [0.05, 0.1) is 44.6 Å². The van der Waals surface area contributed by atoms with E-state index in [1.807, 2.05) is 54.5 Å². The first-order valence-electron chi connectivity index (χ1n) is 21.5. The van der Waals surface area contributed by atoms with E-state index in [4.69, 9.17) is 62.0 Å². The number of aromatic nitrogens is 9. The van der Waals surface area contributed by atoms with Gasteiger partial charge in [-0.15, -0.1) is 5.10 Å². The minimum atomic E-state index is -0.670. The maximum absolute atomic E-state index is 14.0. The zero-order valence-electron chi connectivity index (χ0n) is 36.1. The Balaban J connectivity index is 0.000000168. The van der Waals surface area contributed by atoms with Crippen LogP contribution < -0.4 is 26.6 Å². The van der Waals surface area contributed by atoms with Crippen molar-refractivity contribution in [2.24, 2.45) is 5.73 Å². The predicted molar refractivity (Wildman–Crippen MR) is 258 cm³/mol. The lowest BCUT2D eigenvalue weighted by Gasteiger charge is -2.20. The molecular formula is C46H44Cl4F2N14O. The minimum Gasteiger partial charge on any atom is -0.388 e. The SMILES string of the molecule is CC(Nn1ccc2nc(-c3cncnc3NC3CCNC3)ccc21)c1c(Cl)ccc(F)c1Cl.CC(On1ncc2ncc(-c3ncc(CN4CCC(N)C4)cn3)cc21)c1c(Cl)ccc(F)c1Cl. The molecule has 4 atom stereocenters. The maximum atomic E-state index is 14.0. The molecule has 2 aliphatic heterocycles. The van der Waals surface area contributed by atoms with Crippen LogP contribution >= 0.6 is 46.4 Å². The van der Waals surface area contributed by atoms with Crippen molar-refractivity contribution in [3.8, 4) is 22.6 Å². The van der Waals surface area contributed by atoms with Crippen molar-refractivity contribution in [3.05, 3.63) is 140 Å². The first kappa shape index (κ1) is 46.3. The summed E-state index contributed by atoms with van der Waals surface area (Å²) in [4.78, 5) is 36.5. The summed E-state index contributed by atoms with van der Waals surface area (Å²) in [5, 5.41) is 11.7. The van der Waals surface area contributed by atoms with Crippen LogP contribution in [0.4, 0.5) is 14.6 Å². The van der Waals surface area contributed by atoms with E-state index in [0.29, 0.717) is 49.6 Å². The fourth-order valence-corrected chi connectivity index (χ4v) is 9.53. The monoisotopic (exact) mass is 986 g/mol. The second-order valence-electron chi connectivity index (χ2n) is 16.4. The van der Waals surface area contributed by atoms with Gasteiger partial charge in [0.1, 0.15) is 34.8 Å². The molecule has 0 radical (unpaired) electrons. The fourth-order valence-electron chi connectivity index (χ4n) is 8.16. The Hall–Kier alpha value is -5.79. The average molecular weight is 989 g/mol. The summed E-state index contributed by atoms with van der Waals surface area (Å²) in [7, 11) is 0. The van der Waals surface area contributed by atoms with Gasteiger partial charge in [-0.1, -0.05) is 51.2 Å². The second-order valence-corrected chi connectivity index (χ2v) is 17.9. The third-order valence-corrected chi connectivity index (χ3v) is 13.0. The molecule has 15 nitrogen and oxygen atoms in total. The van der Waals surface area contributed by atoms with Crippen molar-refractivity contribution in [3.63, 3.8) is 0 Å². The molecule has 346 valence electrons. The van der Waals surface area contributed by atoms with Crippen LogP contribution in [0.3, 0.4) is 0 Å². The summed E-state index contributed by atoms with van der Waals surface area (Å²) in [6.45, 7) is 8.13. The van der Waals surface area contributed by atoms with E-state index >= 15 is 0 Å². The number of likely N-dealkylation sites (tertiary alicyclic amines) is 1. The summed E-state index contributed by atoms with van der Waals surface area (Å²) in [6, 6.07) is 13.3. The Labute approximate surface area is 403 Å². The first-order valence-corrected chi connectivity index (χ1v) is 23.0. The third kappa shape index (κ3) is 10.2. The Morgan fingerprint density at radius 1 is 0.851 bits per heavy atom. The van der Waals surface area contributed by atoms with Crippen molar-refractivity contribution in [2.45, 2.75) is 57.5 Å². The minimum absolute atomic E-state index is 0.0148. The first-order chi connectivity index (χ1) is 32.4. The Bertz CT molecular complexity index is 3040. The number of nitrogens with one attached hydrogen (secondary N) is 3. The molecule has 4 unspecified atom stereocenters. The number of hydrogen-bond acceptors (Lipinski definition) is 13. The zero-order valence-corrected chi connectivity index (χ0v) is 39.2. The number of rotatable bonds is 12. The van der Waals surface area contributed by atoms with Crippen LogP contribution in [0.2, 0.25) is 20.1 Å². The van der Waals surface area contributed by atoms with Gasteiger partial charge >= 0.3 is 0 Å². The molecule has 6 aromatic heterocycles. The lowest BCUT2D eigenvalue weighted by molar-refractivity contribution is 0.0327. The predicted octanol–water partition coefficient (Wildman–Crippen LogP) is 9.07. The third-order valence-electron chi connectivity index (χ3n) is 11.6. The normalized spacial score (nSPS) is 17.1. The van der Waals surface area contributed by atoms with Gasteiger partial charge in [0, 0.05) is 102 Å². The van der Waals surface area contributed by atoms with Gasteiger partial charge in [-0.3, -0.25) is 14.6 Å². The fraction of sp³-hybridized carbons (Fsp3) is 0.283. The smallest absolute Gasteiger partial charge is 0.160 e. The number of nitrogens with two attached hydrogens (primary N) is 1. The van der Waals surface area contributed by atoms with Crippen LogP contribution in [0.15, 0.2) is 92.0 Å². The molecule has 2 aromatic carbocycles. The van der Waals surface area contributed by atoms with Gasteiger partial charge in [0.2, 0.25) is 0 Å². The number of halogens is 6. The van der Waals surface area contributed by atoms with Crippen LogP contribution in [0, 0.1) is 11.6 Å². The largest absolute Gasteiger partial charge is 0.388 e. The number of pyridine rings is 2. The standard InChI is InChI=1S/C23H22Cl2FN7O.C23H22Cl2FN7/c1-13(21-17(24)2-3-18(26)22(21)25)34-33-20-6-15(9-28-19(20)10-31-33)23-29-7-14(8-30-23)11-32-5-4-16(27)12-32;1-13(21-16(24)2-3-17(26)22(21)25)32-33-9-7-19-20(33)5-4-18(31-19)15-11-28-12-29-23(15)30-14-6-8-27-10-14/h2-3,6-10,13,16H,4-5,11-12,27H2,1H3;2-5,7,9,11-14,27,32H,6,8,10H2,1H3,(H,28,29,30). The van der Waals surface area contributed by atoms with Gasteiger partial charge in [0.25, 0.3) is 0 Å². The van der Waals surface area contributed by atoms with Crippen molar-refractivity contribution < 1.29 is 13.6 Å². The van der Waals surface area contributed by atoms with Crippen LogP contribution in [0.1, 0.15) is 55.5 Å². The summed E-state index contributed by atoms with van der Waals surface area (Å²) >= 11 is 24.8. The van der Waals surface area contributed by atoms with E-state index in [2.05, 4.69) is 51.0 Å². The van der Waals surface area contributed by atoms with E-state index < -0.39 is 17.7 Å². The molecule has 21 heteroatoms. The molecule has 0 amide bonds. The van der Waals surface area contributed by atoms with Crippen molar-refractivity contribution in [1.82, 2.24) is 54.7 Å². The molecule has 10 rings (SSSR count). The van der Waals surface area contributed by atoms with E-state index in [1.54, 1.807) is 25.5 Å². The van der Waals surface area contributed by atoms with Gasteiger partial charge in [-0.05, 0) is 81.8 Å². The summed E-state index contributed by atoms with van der Waals surface area (Å²) in [6.07, 6.45) is 13.5. The Morgan fingerprint density at radius 3 is 2.34 bits per heavy atom. The highest BCUT2D eigenvalue weighted by Crippen LogP contribution is 2.35. The zero-order chi connectivity index (χ0) is 46.8. The highest BCUT2D eigenvalue weighted by Gasteiger charge is 2.23. The Morgan fingerprint density at radius 2 is 1.61 bits per heavy atom. The molecule has 0 spiro atoms. The molecule has 2 aliphatic rings. The molecular weight excluding hydrogens is 944 g/mol. The molecule has 2 saturated heterocycles. The van der Waals surface area contributed by atoms with Gasteiger partial charge < -0.3 is 26.6 Å². The van der Waals surface area contributed by atoms with Crippen LogP contribution in [-0.2, 0) is 6.54 Å². The molecule has 5 N–H and O–H groups in total. The number of hydrogen-bond donors (Lipinski definition) is 4. The lowest BCUT2D eigenvalue weighted by atomic mass is 10.1. The maximum Gasteiger partial charge on any atom is 0.160 e. The van der Waals surface area contributed by atoms with Gasteiger partial charge in [-0.25, -0.2) is 33.7 Å². The molecule has 0 bridgehead atoms. The van der Waals surface area contributed by atoms with E-state index in [9.17, 15) is 8.78 Å². The highest BCUT2D eigenvalue weighted by atomic mass is 35.5. The number of benzene rings is 2. The molecule has 2 fully saturated rings. The van der Waals surface area contributed by atoms with Crippen molar-refractivity contribution >= 4 is 74.3 Å². The summed E-state index contributed by atoms with van der Waals surface area (Å²) in [5.41, 5.74) is 16.4. The summed E-state index contributed by atoms with van der Waals surface area (Å²) in [5.74, 6) is 0.232. The van der Waals surface area contributed by atoms with Crippen molar-refractivity contribution in [2.75, 3.05) is 36.9 Å². The average Bonchev–Trinajstić information content (AvgIpc) is 4.16. The molecule has 0 aliphatic carbocycles. The molecule has 67 heavy (non-hydrogen) atoms. The highest BCUT2D eigenvalue weighted by molar-refractivity contribution is 6.36. The number of anilines is 1. The van der Waals surface area contributed by atoms with Crippen LogP contribution in [0.5, 0.6) is 0 Å². The quantitative estimate of drug-likeness (QED) is 0.0855.